The van der Waals surface area contributed by atoms with Crippen LogP contribution in [0.25, 0.3) is 0 Å². The second kappa shape index (κ2) is 12.2. The van der Waals surface area contributed by atoms with Crippen molar-refractivity contribution in [3.63, 3.8) is 0 Å². The summed E-state index contributed by atoms with van der Waals surface area (Å²) in [6, 6.07) is 22.4. The Hall–Kier alpha value is -5.35. The number of esters is 1. The lowest BCUT2D eigenvalue weighted by Crippen LogP contribution is -2.18. The second-order valence-corrected chi connectivity index (χ2v) is 9.05. The standard InChI is InChI=1S/C30H22ClN3O7/c1-38-26-13-18(5-11-25(26)41-30(37)19-6-9-22(31)10-7-19)16-32-34-29(36)20-3-2-4-23(14-20)33-28(35)21-8-12-24-27(15-21)40-17-39-24/h2-16H,17H2,1H3,(H,33,35)(H,34,36). The number of hydrazone groups is 1. The van der Waals surface area contributed by atoms with Gasteiger partial charge >= 0.3 is 5.97 Å². The van der Waals surface area contributed by atoms with E-state index in [-0.39, 0.29) is 24.0 Å². The molecule has 1 aliphatic heterocycles. The van der Waals surface area contributed by atoms with Crippen molar-refractivity contribution in [3.8, 4) is 23.0 Å². The molecule has 4 aromatic carbocycles. The SMILES string of the molecule is COc1cc(C=NNC(=O)c2cccc(NC(=O)c3ccc4c(c3)OCO4)c2)ccc1OC(=O)c1ccc(Cl)cc1. The summed E-state index contributed by atoms with van der Waals surface area (Å²) < 4.78 is 21.4. The predicted molar refractivity (Wildman–Crippen MR) is 151 cm³/mol. The molecule has 41 heavy (non-hydrogen) atoms. The van der Waals surface area contributed by atoms with E-state index >= 15 is 0 Å². The van der Waals surface area contributed by atoms with Crippen LogP contribution in [0.3, 0.4) is 0 Å². The van der Waals surface area contributed by atoms with Gasteiger partial charge in [-0.1, -0.05) is 17.7 Å². The minimum atomic E-state index is -0.567. The summed E-state index contributed by atoms with van der Waals surface area (Å²) in [5.74, 6) is 0.170. The molecular formula is C30H22ClN3O7. The van der Waals surface area contributed by atoms with Crippen LogP contribution in [0.2, 0.25) is 5.02 Å². The Bertz CT molecular complexity index is 1650. The summed E-state index contributed by atoms with van der Waals surface area (Å²) in [7, 11) is 1.44. The summed E-state index contributed by atoms with van der Waals surface area (Å²) in [6.07, 6.45) is 1.41. The van der Waals surface area contributed by atoms with E-state index in [2.05, 4.69) is 15.8 Å². The van der Waals surface area contributed by atoms with Gasteiger partial charge in [-0.2, -0.15) is 5.10 Å². The van der Waals surface area contributed by atoms with Crippen LogP contribution < -0.4 is 29.7 Å². The number of amides is 2. The van der Waals surface area contributed by atoms with Crippen molar-refractivity contribution in [1.29, 1.82) is 0 Å². The lowest BCUT2D eigenvalue weighted by molar-refractivity contribution is 0.0729. The van der Waals surface area contributed by atoms with Crippen molar-refractivity contribution in [2.24, 2.45) is 5.10 Å². The molecule has 0 radical (unpaired) electrons. The summed E-state index contributed by atoms with van der Waals surface area (Å²) in [5.41, 5.74) is 4.46. The first-order chi connectivity index (χ1) is 19.9. The molecule has 0 atom stereocenters. The van der Waals surface area contributed by atoms with E-state index in [0.29, 0.717) is 44.6 Å². The molecule has 2 amide bonds. The second-order valence-electron chi connectivity index (χ2n) is 8.61. The molecule has 0 bridgehead atoms. The molecular weight excluding hydrogens is 550 g/mol. The molecule has 1 heterocycles. The zero-order valence-electron chi connectivity index (χ0n) is 21.6. The number of ether oxygens (including phenoxy) is 4. The molecule has 0 unspecified atom stereocenters. The molecule has 4 aromatic rings. The third-order valence-corrected chi connectivity index (χ3v) is 6.12. The van der Waals surface area contributed by atoms with Gasteiger partial charge < -0.3 is 24.3 Å². The van der Waals surface area contributed by atoms with Crippen molar-refractivity contribution in [2.45, 2.75) is 0 Å². The number of methoxy groups -OCH3 is 1. The molecule has 206 valence electrons. The quantitative estimate of drug-likeness (QED) is 0.127. The number of rotatable bonds is 8. The average molecular weight is 572 g/mol. The molecule has 0 saturated carbocycles. The van der Waals surface area contributed by atoms with Crippen molar-refractivity contribution < 1.29 is 33.3 Å². The maximum absolute atomic E-state index is 12.7. The molecule has 11 heteroatoms. The fraction of sp³-hybridized carbons (Fsp3) is 0.0667. The van der Waals surface area contributed by atoms with Crippen molar-refractivity contribution >= 4 is 41.3 Å². The van der Waals surface area contributed by atoms with E-state index in [0.717, 1.165) is 0 Å². The molecule has 0 saturated heterocycles. The smallest absolute Gasteiger partial charge is 0.343 e. The highest BCUT2D eigenvalue weighted by Crippen LogP contribution is 2.33. The van der Waals surface area contributed by atoms with Gasteiger partial charge in [0.2, 0.25) is 6.79 Å². The number of anilines is 1. The van der Waals surface area contributed by atoms with E-state index in [1.807, 2.05) is 0 Å². The molecule has 10 nitrogen and oxygen atoms in total. The Labute approximate surface area is 239 Å². The Morgan fingerprint density at radius 1 is 0.829 bits per heavy atom. The van der Waals surface area contributed by atoms with Gasteiger partial charge in [-0.25, -0.2) is 10.2 Å². The maximum Gasteiger partial charge on any atom is 0.343 e. The first kappa shape index (κ1) is 27.2. The highest BCUT2D eigenvalue weighted by Gasteiger charge is 2.17. The van der Waals surface area contributed by atoms with Gasteiger partial charge in [0.25, 0.3) is 11.8 Å². The van der Waals surface area contributed by atoms with Crippen LogP contribution in [-0.2, 0) is 0 Å². The average Bonchev–Trinajstić information content (AvgIpc) is 3.46. The van der Waals surface area contributed by atoms with E-state index in [1.54, 1.807) is 78.9 Å². The number of hydrogen-bond donors (Lipinski definition) is 2. The van der Waals surface area contributed by atoms with Crippen LogP contribution in [0.15, 0.2) is 90.0 Å². The number of benzene rings is 4. The number of halogens is 1. The van der Waals surface area contributed by atoms with Gasteiger partial charge in [0.15, 0.2) is 23.0 Å². The van der Waals surface area contributed by atoms with Crippen molar-refractivity contribution in [1.82, 2.24) is 5.43 Å². The summed E-state index contributed by atoms with van der Waals surface area (Å²) in [5, 5.41) is 7.27. The van der Waals surface area contributed by atoms with Crippen LogP contribution in [-0.4, -0.2) is 37.9 Å². The van der Waals surface area contributed by atoms with Crippen LogP contribution in [0.1, 0.15) is 36.6 Å². The summed E-state index contributed by atoms with van der Waals surface area (Å²) >= 11 is 5.87. The Balaban J connectivity index is 1.19. The molecule has 1 aliphatic rings. The van der Waals surface area contributed by atoms with Crippen LogP contribution in [0, 0.1) is 0 Å². The van der Waals surface area contributed by atoms with Gasteiger partial charge in [-0.3, -0.25) is 9.59 Å². The fourth-order valence-electron chi connectivity index (χ4n) is 3.80. The molecule has 2 N–H and O–H groups in total. The van der Waals surface area contributed by atoms with Crippen molar-refractivity contribution in [3.05, 3.63) is 112 Å². The highest BCUT2D eigenvalue weighted by molar-refractivity contribution is 6.30. The van der Waals surface area contributed by atoms with Gasteiger partial charge in [0.05, 0.1) is 18.9 Å². The Morgan fingerprint density at radius 3 is 2.39 bits per heavy atom. The number of nitrogens with zero attached hydrogens (tertiary/aromatic N) is 1. The minimum Gasteiger partial charge on any atom is -0.493 e. The minimum absolute atomic E-state index is 0.111. The van der Waals surface area contributed by atoms with E-state index in [4.69, 9.17) is 30.5 Å². The van der Waals surface area contributed by atoms with Crippen LogP contribution in [0.4, 0.5) is 5.69 Å². The lowest BCUT2D eigenvalue weighted by Gasteiger charge is -2.10. The first-order valence-corrected chi connectivity index (χ1v) is 12.6. The van der Waals surface area contributed by atoms with E-state index < -0.39 is 11.9 Å². The first-order valence-electron chi connectivity index (χ1n) is 12.2. The lowest BCUT2D eigenvalue weighted by atomic mass is 10.1. The third-order valence-electron chi connectivity index (χ3n) is 5.87. The summed E-state index contributed by atoms with van der Waals surface area (Å²) in [4.78, 5) is 37.8. The fourth-order valence-corrected chi connectivity index (χ4v) is 3.93. The highest BCUT2D eigenvalue weighted by atomic mass is 35.5. The predicted octanol–water partition coefficient (Wildman–Crippen LogP) is 5.31. The summed E-state index contributed by atoms with van der Waals surface area (Å²) in [6.45, 7) is 0.111. The van der Waals surface area contributed by atoms with Gasteiger partial charge in [0, 0.05) is 21.8 Å². The van der Waals surface area contributed by atoms with Gasteiger partial charge in [-0.05, 0) is 84.4 Å². The third kappa shape index (κ3) is 6.63. The number of fused-ring (bicyclic) bond motifs is 1. The van der Waals surface area contributed by atoms with Gasteiger partial charge in [0.1, 0.15) is 0 Å². The molecule has 5 rings (SSSR count). The van der Waals surface area contributed by atoms with Gasteiger partial charge in [-0.15, -0.1) is 0 Å². The van der Waals surface area contributed by atoms with Crippen LogP contribution in [0.5, 0.6) is 23.0 Å². The Kier molecular flexibility index (Phi) is 8.12. The zero-order chi connectivity index (χ0) is 28.8. The molecule has 0 aromatic heterocycles. The number of carbonyl (C=O) groups excluding carboxylic acids is 3. The molecule has 0 fully saturated rings. The normalized spacial score (nSPS) is 11.7. The largest absolute Gasteiger partial charge is 0.493 e. The number of hydrogen-bond acceptors (Lipinski definition) is 8. The topological polar surface area (TPSA) is 125 Å². The Morgan fingerprint density at radius 2 is 1.59 bits per heavy atom. The van der Waals surface area contributed by atoms with E-state index in [1.165, 1.54) is 19.4 Å². The van der Waals surface area contributed by atoms with Crippen molar-refractivity contribution in [2.75, 3.05) is 19.2 Å². The molecule has 0 aliphatic carbocycles. The van der Waals surface area contributed by atoms with Crippen LogP contribution >= 0.6 is 11.6 Å². The monoisotopic (exact) mass is 571 g/mol. The zero-order valence-corrected chi connectivity index (χ0v) is 22.3. The number of carbonyl (C=O) groups is 3. The maximum atomic E-state index is 12.7. The molecule has 0 spiro atoms. The van der Waals surface area contributed by atoms with E-state index in [9.17, 15) is 14.4 Å². The number of nitrogens with one attached hydrogen (secondary N) is 2.